The van der Waals surface area contributed by atoms with Crippen molar-refractivity contribution >= 4 is 17.7 Å². The molecule has 6 heteroatoms. The van der Waals surface area contributed by atoms with Crippen molar-refractivity contribution in [3.8, 4) is 0 Å². The van der Waals surface area contributed by atoms with E-state index in [0.29, 0.717) is 6.42 Å². The highest BCUT2D eigenvalue weighted by atomic mass is 32.2. The van der Waals surface area contributed by atoms with Crippen molar-refractivity contribution < 1.29 is 22.7 Å². The maximum absolute atomic E-state index is 12.2. The zero-order valence-electron chi connectivity index (χ0n) is 12.2. The number of hydrogen-bond acceptors (Lipinski definition) is 3. The lowest BCUT2D eigenvalue weighted by molar-refractivity contribution is -0.144. The van der Waals surface area contributed by atoms with Gasteiger partial charge in [0.05, 0.1) is 0 Å². The third-order valence-corrected chi connectivity index (χ3v) is 3.76. The largest absolute Gasteiger partial charge is 0.461 e. The highest BCUT2D eigenvalue weighted by Crippen LogP contribution is 2.36. The summed E-state index contributed by atoms with van der Waals surface area (Å²) in [4.78, 5) is 11.8. The highest BCUT2D eigenvalue weighted by Gasteiger charge is 2.28. The minimum atomic E-state index is -4.29. The van der Waals surface area contributed by atoms with E-state index in [9.17, 15) is 18.0 Å². The van der Waals surface area contributed by atoms with Crippen LogP contribution in [-0.4, -0.2) is 11.5 Å². The van der Waals surface area contributed by atoms with Gasteiger partial charge in [-0.2, -0.15) is 13.2 Å². The fourth-order valence-corrected chi connectivity index (χ4v) is 2.45. The summed E-state index contributed by atoms with van der Waals surface area (Å²) in [6.45, 7) is 0.223. The average Bonchev–Trinajstić information content (AvgIpc) is 2.52. The first-order valence-corrected chi connectivity index (χ1v) is 7.78. The van der Waals surface area contributed by atoms with Gasteiger partial charge in [0.2, 0.25) is 0 Å². The molecule has 0 aliphatic carbocycles. The fourth-order valence-electron chi connectivity index (χ4n) is 1.91. The van der Waals surface area contributed by atoms with E-state index >= 15 is 0 Å². The summed E-state index contributed by atoms with van der Waals surface area (Å²) in [6, 6.07) is 15.3. The molecule has 0 radical (unpaired) electrons. The van der Waals surface area contributed by atoms with Crippen LogP contribution in [0.5, 0.6) is 0 Å². The lowest BCUT2D eigenvalue weighted by Gasteiger charge is -2.07. The second kappa shape index (κ2) is 8.06. The summed E-state index contributed by atoms with van der Waals surface area (Å²) >= 11 is -0.152. The summed E-state index contributed by atoms with van der Waals surface area (Å²) in [5.41, 5.74) is -2.58. The Bertz CT molecular complexity index is 625. The maximum Gasteiger partial charge on any atom is 0.446 e. The van der Waals surface area contributed by atoms with Crippen LogP contribution in [0.4, 0.5) is 13.2 Å². The van der Waals surface area contributed by atoms with Crippen molar-refractivity contribution in [2.45, 2.75) is 29.9 Å². The van der Waals surface area contributed by atoms with Gasteiger partial charge in [-0.15, -0.1) is 0 Å². The van der Waals surface area contributed by atoms with Crippen molar-refractivity contribution in [1.29, 1.82) is 0 Å². The molecule has 2 aromatic carbocycles. The van der Waals surface area contributed by atoms with Gasteiger partial charge < -0.3 is 4.74 Å². The second-order valence-corrected chi connectivity index (χ2v) is 5.98. The molecule has 0 amide bonds. The van der Waals surface area contributed by atoms with E-state index in [4.69, 9.17) is 4.74 Å². The highest BCUT2D eigenvalue weighted by molar-refractivity contribution is 8.00. The molecule has 0 bridgehead atoms. The number of rotatable bonds is 6. The predicted octanol–water partition coefficient (Wildman–Crippen LogP) is 4.97. The lowest BCUT2D eigenvalue weighted by atomic mass is 10.1. The molecule has 122 valence electrons. The second-order valence-electron chi connectivity index (χ2n) is 4.84. The van der Waals surface area contributed by atoms with Crippen molar-refractivity contribution in [1.82, 2.24) is 0 Å². The first kappa shape index (κ1) is 17.4. The zero-order valence-corrected chi connectivity index (χ0v) is 13.0. The van der Waals surface area contributed by atoms with E-state index in [1.54, 1.807) is 12.1 Å². The van der Waals surface area contributed by atoms with Crippen LogP contribution in [0, 0.1) is 0 Å². The molecule has 0 unspecified atom stereocenters. The van der Waals surface area contributed by atoms with E-state index in [1.165, 1.54) is 12.1 Å². The average molecular weight is 340 g/mol. The van der Waals surface area contributed by atoms with E-state index in [0.717, 1.165) is 11.1 Å². The van der Waals surface area contributed by atoms with Crippen molar-refractivity contribution in [3.63, 3.8) is 0 Å². The zero-order chi connectivity index (χ0) is 16.7. The Morgan fingerprint density at radius 3 is 2.22 bits per heavy atom. The molecular formula is C17H15F3O2S. The summed E-state index contributed by atoms with van der Waals surface area (Å²) in [5.74, 6) is -0.331. The lowest BCUT2D eigenvalue weighted by Crippen LogP contribution is -2.06. The molecule has 2 nitrogen and oxygen atoms in total. The Labute approximate surface area is 136 Å². The fraction of sp³-hybridized carbons (Fsp3) is 0.235. The molecule has 2 aromatic rings. The normalized spacial score (nSPS) is 11.3. The smallest absolute Gasteiger partial charge is 0.446 e. The Morgan fingerprint density at radius 1 is 0.957 bits per heavy atom. The van der Waals surface area contributed by atoms with Crippen molar-refractivity contribution in [2.75, 3.05) is 0 Å². The van der Waals surface area contributed by atoms with E-state index in [1.807, 2.05) is 30.3 Å². The number of thioether (sulfide) groups is 1. The van der Waals surface area contributed by atoms with Gasteiger partial charge in [-0.25, -0.2) is 0 Å². The van der Waals surface area contributed by atoms with Crippen LogP contribution in [0.3, 0.4) is 0 Å². The minimum absolute atomic E-state index is 0.132. The van der Waals surface area contributed by atoms with Gasteiger partial charge in [0.1, 0.15) is 6.61 Å². The Morgan fingerprint density at radius 2 is 1.61 bits per heavy atom. The van der Waals surface area contributed by atoms with Gasteiger partial charge in [0.25, 0.3) is 0 Å². The summed E-state index contributed by atoms with van der Waals surface area (Å²) in [5, 5.41) is 0. The molecule has 0 fully saturated rings. The molecule has 0 aromatic heterocycles. The topological polar surface area (TPSA) is 26.3 Å². The Hall–Kier alpha value is -1.95. The molecule has 0 aliphatic rings. The first-order chi connectivity index (χ1) is 10.9. The number of carbonyl (C=O) groups excluding carboxylic acids is 1. The number of halogens is 3. The molecule has 0 saturated carbocycles. The van der Waals surface area contributed by atoms with Gasteiger partial charge >= 0.3 is 11.5 Å². The number of ether oxygens (including phenoxy) is 1. The van der Waals surface area contributed by atoms with Crippen LogP contribution in [-0.2, 0) is 22.6 Å². The number of aryl methyl sites for hydroxylation is 1. The third-order valence-electron chi connectivity index (χ3n) is 3.02. The van der Waals surface area contributed by atoms with Crippen molar-refractivity contribution in [3.05, 3.63) is 65.7 Å². The number of benzene rings is 2. The third kappa shape index (κ3) is 6.78. The number of alkyl halides is 3. The van der Waals surface area contributed by atoms with Crippen LogP contribution in [0.1, 0.15) is 17.5 Å². The quantitative estimate of drug-likeness (QED) is 0.548. The van der Waals surface area contributed by atoms with Crippen molar-refractivity contribution in [2.24, 2.45) is 0 Å². The molecule has 23 heavy (non-hydrogen) atoms. The monoisotopic (exact) mass is 340 g/mol. The van der Waals surface area contributed by atoms with Gasteiger partial charge in [-0.1, -0.05) is 42.5 Å². The molecule has 0 spiro atoms. The predicted molar refractivity (Wildman–Crippen MR) is 82.9 cm³/mol. The van der Waals surface area contributed by atoms with Gasteiger partial charge in [0, 0.05) is 11.3 Å². The van der Waals surface area contributed by atoms with Crippen LogP contribution in [0.2, 0.25) is 0 Å². The van der Waals surface area contributed by atoms with Crippen LogP contribution < -0.4 is 0 Å². The molecule has 0 saturated heterocycles. The first-order valence-electron chi connectivity index (χ1n) is 6.96. The summed E-state index contributed by atoms with van der Waals surface area (Å²) in [7, 11) is 0. The van der Waals surface area contributed by atoms with Crippen LogP contribution in [0.15, 0.2) is 59.5 Å². The maximum atomic E-state index is 12.2. The number of carbonyl (C=O) groups is 1. The van der Waals surface area contributed by atoms with E-state index in [2.05, 4.69) is 0 Å². The minimum Gasteiger partial charge on any atom is -0.461 e. The van der Waals surface area contributed by atoms with E-state index in [-0.39, 0.29) is 35.7 Å². The molecule has 0 atom stereocenters. The number of esters is 1. The molecule has 0 N–H and O–H groups in total. The molecule has 0 aliphatic heterocycles. The van der Waals surface area contributed by atoms with Gasteiger partial charge in [-0.3, -0.25) is 4.79 Å². The Balaban J connectivity index is 1.76. The molecule has 0 heterocycles. The van der Waals surface area contributed by atoms with E-state index < -0.39 is 5.51 Å². The van der Waals surface area contributed by atoms with Gasteiger partial charge in [-0.05, 0) is 41.4 Å². The Kier molecular flexibility index (Phi) is 6.10. The SMILES string of the molecule is O=C(CCc1ccc(SC(F)(F)F)cc1)OCc1ccccc1. The van der Waals surface area contributed by atoms with Gasteiger partial charge in [0.15, 0.2) is 0 Å². The molecule has 2 rings (SSSR count). The summed E-state index contributed by atoms with van der Waals surface area (Å²) < 4.78 is 41.8. The molecular weight excluding hydrogens is 325 g/mol. The van der Waals surface area contributed by atoms with Crippen LogP contribution in [0.25, 0.3) is 0 Å². The standard InChI is InChI=1S/C17H15F3O2S/c18-17(19,20)23-15-9-6-13(7-10-15)8-11-16(21)22-12-14-4-2-1-3-5-14/h1-7,9-10H,8,11-12H2. The summed E-state index contributed by atoms with van der Waals surface area (Å²) in [6.07, 6.45) is 0.628. The number of hydrogen-bond donors (Lipinski definition) is 0. The van der Waals surface area contributed by atoms with Crippen LogP contribution >= 0.6 is 11.8 Å².